The van der Waals surface area contributed by atoms with Crippen molar-refractivity contribution in [2.24, 2.45) is 5.92 Å². The Labute approximate surface area is 303 Å². The van der Waals surface area contributed by atoms with E-state index in [4.69, 9.17) is 4.74 Å². The third-order valence-corrected chi connectivity index (χ3v) is 12.9. The lowest BCUT2D eigenvalue weighted by molar-refractivity contribution is -0.140. The molecule has 0 bridgehead atoms. The summed E-state index contributed by atoms with van der Waals surface area (Å²) in [7, 11) is -3.91. The summed E-state index contributed by atoms with van der Waals surface area (Å²) in [5.74, 6) is -2.42. The molecule has 278 valence electrons. The lowest BCUT2D eigenvalue weighted by Gasteiger charge is -2.30. The molecule has 0 radical (unpaired) electrons. The maximum Gasteiger partial charge on any atom is 0.416 e. The van der Waals surface area contributed by atoms with Gasteiger partial charge in [-0.1, -0.05) is 48.5 Å². The topological polar surface area (TPSA) is 147 Å². The largest absolute Gasteiger partial charge is 0.465 e. The molecule has 11 nitrogen and oxygen atoms in total. The lowest BCUT2D eigenvalue weighted by Crippen LogP contribution is -2.57. The molecule has 1 saturated heterocycles. The fourth-order valence-electron chi connectivity index (χ4n) is 7.04. The number of anilines is 1. The molecule has 2 aliphatic heterocycles. The Morgan fingerprint density at radius 2 is 1.90 bits per heavy atom. The van der Waals surface area contributed by atoms with Crippen LogP contribution in [0.4, 0.5) is 18.9 Å². The minimum atomic E-state index is -4.58. The standard InChI is InChI=1S/C36H40F3N5O6S2/c1-21-12-15-27-30(16-21)51-34(41-27)50-25-18-29-31(45)42-35(33(47)43-52(48,49)26-13-14-26)19-23(35)8-5-3-2-4-6-11-28(32(46)44(29)20-25)40-24-10-7-9-22(17-24)36(37,38)39/h5,7-10,12,15-17,23,25-26,28-29,40H,2-4,6,11,13-14,18-20H2,1H3,(H,42,45)(H,43,47)/t23-,25-,28+,29+,35-/m1/s1. The first-order valence-corrected chi connectivity index (χ1v) is 19.9. The molecule has 1 aromatic heterocycles. The average molecular weight is 760 g/mol. The van der Waals surface area contributed by atoms with Gasteiger partial charge in [0.15, 0.2) is 0 Å². The van der Waals surface area contributed by atoms with E-state index in [2.05, 4.69) is 20.3 Å². The Bertz CT molecular complexity index is 2020. The summed E-state index contributed by atoms with van der Waals surface area (Å²) in [6.45, 7) is 1.94. The number of hydrogen-bond donors (Lipinski definition) is 3. The number of allylic oxidation sites excluding steroid dienone is 1. The van der Waals surface area contributed by atoms with E-state index in [1.165, 1.54) is 28.4 Å². The van der Waals surface area contributed by atoms with Crippen LogP contribution in [0, 0.1) is 12.8 Å². The van der Waals surface area contributed by atoms with Crippen LogP contribution >= 0.6 is 11.3 Å². The number of hydrogen-bond acceptors (Lipinski definition) is 9. The zero-order valence-corrected chi connectivity index (χ0v) is 30.1. The van der Waals surface area contributed by atoms with Gasteiger partial charge in [-0.3, -0.25) is 19.1 Å². The number of alkyl halides is 3. The molecule has 2 aliphatic carbocycles. The normalized spacial score (nSPS) is 27.2. The number of sulfonamides is 1. The van der Waals surface area contributed by atoms with Crippen molar-refractivity contribution in [3.05, 3.63) is 65.7 Å². The van der Waals surface area contributed by atoms with Gasteiger partial charge in [-0.15, -0.1) is 0 Å². The Morgan fingerprint density at radius 3 is 2.67 bits per heavy atom. The molecule has 0 unspecified atom stereocenters. The monoisotopic (exact) mass is 759 g/mol. The molecule has 3 N–H and O–H groups in total. The molecule has 2 saturated carbocycles. The zero-order chi connectivity index (χ0) is 36.8. The van der Waals surface area contributed by atoms with Crippen LogP contribution in [-0.2, 0) is 30.6 Å². The molecule has 7 rings (SSSR count). The first-order chi connectivity index (χ1) is 24.7. The predicted octanol–water partition coefficient (Wildman–Crippen LogP) is 5.46. The van der Waals surface area contributed by atoms with Gasteiger partial charge in [-0.2, -0.15) is 13.2 Å². The molecule has 4 aliphatic rings. The molecule has 0 spiro atoms. The van der Waals surface area contributed by atoms with Crippen molar-refractivity contribution < 1.29 is 40.7 Å². The van der Waals surface area contributed by atoms with Crippen molar-refractivity contribution in [2.45, 2.75) is 99.9 Å². The van der Waals surface area contributed by atoms with Crippen LogP contribution in [0.25, 0.3) is 10.2 Å². The summed E-state index contributed by atoms with van der Waals surface area (Å²) in [6.07, 6.45) is 2.62. The van der Waals surface area contributed by atoms with Gasteiger partial charge >= 0.3 is 6.18 Å². The van der Waals surface area contributed by atoms with Gasteiger partial charge in [-0.25, -0.2) is 13.4 Å². The van der Waals surface area contributed by atoms with Gasteiger partial charge in [0.05, 0.1) is 27.6 Å². The van der Waals surface area contributed by atoms with Gasteiger partial charge in [0, 0.05) is 18.0 Å². The molecule has 52 heavy (non-hydrogen) atoms. The van der Waals surface area contributed by atoms with Crippen LogP contribution in [-0.4, -0.2) is 71.5 Å². The van der Waals surface area contributed by atoms with E-state index in [0.29, 0.717) is 37.3 Å². The fourth-order valence-corrected chi connectivity index (χ4v) is 9.38. The molecule has 3 fully saturated rings. The highest BCUT2D eigenvalue weighted by atomic mass is 32.2. The molecule has 2 aromatic carbocycles. The number of nitrogens with zero attached hydrogens (tertiary/aromatic N) is 2. The number of halogens is 3. The fraction of sp³-hybridized carbons (Fsp3) is 0.500. The molecule has 3 heterocycles. The Morgan fingerprint density at radius 1 is 1.10 bits per heavy atom. The van der Waals surface area contributed by atoms with E-state index < -0.39 is 74.4 Å². The molecule has 16 heteroatoms. The maximum atomic E-state index is 14.5. The second-order valence-corrected chi connectivity index (χ2v) is 17.2. The molecule has 5 atom stereocenters. The Kier molecular flexibility index (Phi) is 9.74. The average Bonchev–Trinajstić information content (AvgIpc) is 3.98. The van der Waals surface area contributed by atoms with E-state index in [0.717, 1.165) is 40.8 Å². The third-order valence-electron chi connectivity index (χ3n) is 10.2. The molecule has 3 aromatic rings. The first-order valence-electron chi connectivity index (χ1n) is 17.5. The van der Waals surface area contributed by atoms with Gasteiger partial charge in [-0.05, 0) is 81.3 Å². The number of rotatable bonds is 7. The van der Waals surface area contributed by atoms with Crippen LogP contribution in [0.3, 0.4) is 0 Å². The summed E-state index contributed by atoms with van der Waals surface area (Å²) in [5.41, 5.74) is -0.492. The van der Waals surface area contributed by atoms with Crippen molar-refractivity contribution in [1.82, 2.24) is 19.9 Å². The second-order valence-electron chi connectivity index (χ2n) is 14.2. The number of aryl methyl sites for hydroxylation is 1. The Hall–Kier alpha value is -4.18. The number of benzene rings is 2. The number of carbonyl (C=O) groups is 3. The summed E-state index contributed by atoms with van der Waals surface area (Å²) in [5, 5.41) is 5.56. The van der Waals surface area contributed by atoms with Crippen LogP contribution in [0.15, 0.2) is 54.6 Å². The minimum Gasteiger partial charge on any atom is -0.465 e. The second kappa shape index (κ2) is 14.0. The number of amides is 3. The smallest absolute Gasteiger partial charge is 0.416 e. The van der Waals surface area contributed by atoms with E-state index in [9.17, 15) is 36.0 Å². The van der Waals surface area contributed by atoms with Crippen molar-refractivity contribution in [3.8, 4) is 5.19 Å². The van der Waals surface area contributed by atoms with E-state index in [1.807, 2.05) is 37.3 Å². The summed E-state index contributed by atoms with van der Waals surface area (Å²) in [4.78, 5) is 48.3. The van der Waals surface area contributed by atoms with Gasteiger partial charge < -0.3 is 20.3 Å². The van der Waals surface area contributed by atoms with Crippen molar-refractivity contribution in [2.75, 3.05) is 11.9 Å². The number of fused-ring (bicyclic) bond motifs is 3. The van der Waals surface area contributed by atoms with E-state index in [1.54, 1.807) is 0 Å². The molecular formula is C36H40F3N5O6S2. The van der Waals surface area contributed by atoms with Crippen LogP contribution in [0.2, 0.25) is 0 Å². The van der Waals surface area contributed by atoms with Gasteiger partial charge in [0.25, 0.3) is 11.1 Å². The zero-order valence-electron chi connectivity index (χ0n) is 28.4. The van der Waals surface area contributed by atoms with Gasteiger partial charge in [0.1, 0.15) is 23.7 Å². The highest BCUT2D eigenvalue weighted by molar-refractivity contribution is 7.91. The lowest BCUT2D eigenvalue weighted by atomic mass is 10.0. The van der Waals surface area contributed by atoms with E-state index in [-0.39, 0.29) is 25.1 Å². The van der Waals surface area contributed by atoms with Crippen LogP contribution in [0.5, 0.6) is 5.19 Å². The number of carbonyl (C=O) groups excluding carboxylic acids is 3. The summed E-state index contributed by atoms with van der Waals surface area (Å²) in [6, 6.07) is 8.33. The predicted molar refractivity (Wildman–Crippen MR) is 189 cm³/mol. The molecular weight excluding hydrogens is 720 g/mol. The number of nitrogens with one attached hydrogen (secondary N) is 3. The first kappa shape index (κ1) is 36.2. The SMILES string of the molecule is Cc1ccc2nc(O[C@@H]3C[C@H]4C(=O)N[C@]5(C(=O)NS(=O)(=O)C6CC6)C[C@H]5C=CCCCCC[C@H](Nc5cccc(C(F)(F)F)c5)C(=O)N4C3)sc2c1. The molecule has 3 amide bonds. The van der Waals surface area contributed by atoms with Crippen molar-refractivity contribution in [3.63, 3.8) is 0 Å². The number of aromatic nitrogens is 1. The van der Waals surface area contributed by atoms with E-state index >= 15 is 0 Å². The number of thiazole rings is 1. The van der Waals surface area contributed by atoms with Crippen LogP contribution < -0.4 is 20.1 Å². The summed E-state index contributed by atoms with van der Waals surface area (Å²) < 4.78 is 75.7. The quantitative estimate of drug-likeness (QED) is 0.270. The summed E-state index contributed by atoms with van der Waals surface area (Å²) >= 11 is 1.33. The van der Waals surface area contributed by atoms with Crippen LogP contribution in [0.1, 0.15) is 68.9 Å². The van der Waals surface area contributed by atoms with Gasteiger partial charge in [0.2, 0.25) is 21.8 Å². The third kappa shape index (κ3) is 7.77. The van der Waals surface area contributed by atoms with Crippen molar-refractivity contribution in [1.29, 1.82) is 0 Å². The Balaban J connectivity index is 1.19. The maximum absolute atomic E-state index is 14.5. The number of ether oxygens (including phenoxy) is 1. The van der Waals surface area contributed by atoms with Crippen molar-refractivity contribution >= 4 is 55.0 Å². The highest BCUT2D eigenvalue weighted by Gasteiger charge is 2.62. The minimum absolute atomic E-state index is 0.0226. The highest BCUT2D eigenvalue weighted by Crippen LogP contribution is 2.46.